The fourth-order valence-electron chi connectivity index (χ4n) is 1.86. The Morgan fingerprint density at radius 1 is 1.28 bits per heavy atom. The van der Waals surface area contributed by atoms with Gasteiger partial charge in [-0.1, -0.05) is 19.9 Å². The monoisotopic (exact) mass is 464 g/mol. The first kappa shape index (κ1) is 23.3. The van der Waals surface area contributed by atoms with E-state index in [9.17, 15) is 4.79 Å². The van der Waals surface area contributed by atoms with Crippen LogP contribution in [0.15, 0.2) is 23.2 Å². The number of nitrogens with one attached hydrogen (secondary N) is 2. The average molecular weight is 464 g/mol. The molecule has 0 fully saturated rings. The first-order chi connectivity index (χ1) is 11.5. The minimum Gasteiger partial charge on any atom is -0.493 e. The SMILES string of the molecule is CCNC(=O)COc1ccc(CN=C(N)NCC(C)C)cc1OC.I. The number of aliphatic imine (C=N–C) groups is 1. The molecule has 0 heterocycles. The van der Waals surface area contributed by atoms with E-state index in [0.717, 1.165) is 12.1 Å². The quantitative estimate of drug-likeness (QED) is 0.295. The van der Waals surface area contributed by atoms with Gasteiger partial charge in [0.2, 0.25) is 0 Å². The summed E-state index contributed by atoms with van der Waals surface area (Å²) >= 11 is 0. The summed E-state index contributed by atoms with van der Waals surface area (Å²) in [5.41, 5.74) is 6.75. The Morgan fingerprint density at radius 2 is 2.00 bits per heavy atom. The van der Waals surface area contributed by atoms with E-state index >= 15 is 0 Å². The summed E-state index contributed by atoms with van der Waals surface area (Å²) in [6.45, 7) is 7.80. The van der Waals surface area contributed by atoms with E-state index in [2.05, 4.69) is 29.5 Å². The van der Waals surface area contributed by atoms with Crippen molar-refractivity contribution in [3.63, 3.8) is 0 Å². The molecule has 142 valence electrons. The number of rotatable bonds is 9. The fourth-order valence-corrected chi connectivity index (χ4v) is 1.86. The molecular weight excluding hydrogens is 435 g/mol. The van der Waals surface area contributed by atoms with E-state index in [-0.39, 0.29) is 36.5 Å². The number of nitrogens with two attached hydrogens (primary N) is 1. The van der Waals surface area contributed by atoms with E-state index in [4.69, 9.17) is 15.2 Å². The van der Waals surface area contributed by atoms with Crippen LogP contribution in [-0.2, 0) is 11.3 Å². The zero-order chi connectivity index (χ0) is 17.9. The Kier molecular flexibility index (Phi) is 11.8. The molecule has 7 nitrogen and oxygen atoms in total. The summed E-state index contributed by atoms with van der Waals surface area (Å²) in [6, 6.07) is 5.46. The Morgan fingerprint density at radius 3 is 2.60 bits per heavy atom. The van der Waals surface area contributed by atoms with Crippen molar-refractivity contribution in [3.05, 3.63) is 23.8 Å². The lowest BCUT2D eigenvalue weighted by molar-refractivity contribution is -0.123. The lowest BCUT2D eigenvalue weighted by Gasteiger charge is -2.12. The van der Waals surface area contributed by atoms with Gasteiger partial charge in [0.15, 0.2) is 24.1 Å². The molecule has 0 aliphatic rings. The molecule has 4 N–H and O–H groups in total. The topological polar surface area (TPSA) is 98.0 Å². The van der Waals surface area contributed by atoms with Crippen molar-refractivity contribution < 1.29 is 14.3 Å². The van der Waals surface area contributed by atoms with Crippen molar-refractivity contribution in [1.82, 2.24) is 10.6 Å². The van der Waals surface area contributed by atoms with Crippen molar-refractivity contribution in [1.29, 1.82) is 0 Å². The number of hydrogen-bond acceptors (Lipinski definition) is 4. The van der Waals surface area contributed by atoms with Gasteiger partial charge < -0.3 is 25.8 Å². The van der Waals surface area contributed by atoms with Gasteiger partial charge in [0.05, 0.1) is 13.7 Å². The van der Waals surface area contributed by atoms with Gasteiger partial charge in [-0.2, -0.15) is 0 Å². The number of carbonyl (C=O) groups is 1. The van der Waals surface area contributed by atoms with Crippen LogP contribution < -0.4 is 25.8 Å². The van der Waals surface area contributed by atoms with E-state index in [1.165, 1.54) is 0 Å². The molecule has 0 aliphatic carbocycles. The lowest BCUT2D eigenvalue weighted by Crippen LogP contribution is -2.34. The Labute approximate surface area is 166 Å². The minimum atomic E-state index is -0.169. The van der Waals surface area contributed by atoms with Gasteiger partial charge in [-0.3, -0.25) is 4.79 Å². The smallest absolute Gasteiger partial charge is 0.257 e. The van der Waals surface area contributed by atoms with Crippen molar-refractivity contribution in [2.75, 3.05) is 26.8 Å². The second-order valence-electron chi connectivity index (χ2n) is 5.70. The number of guanidine groups is 1. The standard InChI is InChI=1S/C17H28N4O3.HI/c1-5-19-16(22)11-24-14-7-6-13(8-15(14)23-4)10-21-17(18)20-9-12(2)3;/h6-8,12H,5,9-11H2,1-4H3,(H,19,22)(H3,18,20,21);1H. The number of ether oxygens (including phenoxy) is 2. The average Bonchev–Trinajstić information content (AvgIpc) is 2.56. The number of halogens is 1. The molecule has 0 saturated carbocycles. The van der Waals surface area contributed by atoms with Gasteiger partial charge in [-0.15, -0.1) is 24.0 Å². The number of amides is 1. The number of carbonyl (C=O) groups excluding carboxylic acids is 1. The first-order valence-electron chi connectivity index (χ1n) is 8.06. The van der Waals surface area contributed by atoms with Gasteiger partial charge in [-0.25, -0.2) is 4.99 Å². The summed E-state index contributed by atoms with van der Waals surface area (Å²) in [7, 11) is 1.56. The molecular formula is C17H29IN4O3. The maximum absolute atomic E-state index is 11.5. The van der Waals surface area contributed by atoms with Crippen molar-refractivity contribution in [3.8, 4) is 11.5 Å². The summed E-state index contributed by atoms with van der Waals surface area (Å²) < 4.78 is 10.8. The molecule has 1 aromatic rings. The maximum atomic E-state index is 11.5. The summed E-state index contributed by atoms with van der Waals surface area (Å²) in [5.74, 6) is 1.82. The molecule has 0 unspecified atom stereocenters. The molecule has 0 atom stereocenters. The van der Waals surface area contributed by atoms with Crippen LogP contribution in [0.5, 0.6) is 11.5 Å². The van der Waals surface area contributed by atoms with Crippen LogP contribution in [-0.4, -0.2) is 38.7 Å². The highest BCUT2D eigenvalue weighted by Crippen LogP contribution is 2.28. The van der Waals surface area contributed by atoms with E-state index in [0.29, 0.717) is 36.5 Å². The number of hydrogen-bond donors (Lipinski definition) is 3. The number of nitrogens with zero attached hydrogens (tertiary/aromatic N) is 1. The normalized spacial score (nSPS) is 10.8. The Balaban J connectivity index is 0.00000576. The van der Waals surface area contributed by atoms with E-state index in [1.807, 2.05) is 19.1 Å². The number of benzene rings is 1. The number of likely N-dealkylation sites (N-methyl/N-ethyl adjacent to an activating group) is 1. The van der Waals surface area contributed by atoms with Crippen molar-refractivity contribution >= 4 is 35.8 Å². The second kappa shape index (κ2) is 12.6. The van der Waals surface area contributed by atoms with Gasteiger partial charge >= 0.3 is 0 Å². The molecule has 0 spiro atoms. The molecule has 1 rings (SSSR count). The molecule has 8 heteroatoms. The number of methoxy groups -OCH3 is 1. The maximum Gasteiger partial charge on any atom is 0.257 e. The van der Waals surface area contributed by atoms with Crippen LogP contribution in [0.4, 0.5) is 0 Å². The third-order valence-corrected chi connectivity index (χ3v) is 3.08. The summed E-state index contributed by atoms with van der Waals surface area (Å²) in [4.78, 5) is 15.7. The second-order valence-corrected chi connectivity index (χ2v) is 5.70. The highest BCUT2D eigenvalue weighted by atomic mass is 127. The molecule has 0 radical (unpaired) electrons. The van der Waals surface area contributed by atoms with Crippen molar-refractivity contribution in [2.24, 2.45) is 16.6 Å². The molecule has 0 saturated heterocycles. The van der Waals surface area contributed by atoms with Crippen LogP contribution in [0.3, 0.4) is 0 Å². The first-order valence-corrected chi connectivity index (χ1v) is 8.06. The predicted molar refractivity (Wildman–Crippen MR) is 111 cm³/mol. The molecule has 1 aromatic carbocycles. The third kappa shape index (κ3) is 9.37. The van der Waals surface area contributed by atoms with E-state index in [1.54, 1.807) is 13.2 Å². The Bertz CT molecular complexity index is 565. The molecule has 1 amide bonds. The Hall–Kier alpha value is -1.71. The lowest BCUT2D eigenvalue weighted by atomic mass is 10.2. The zero-order valence-corrected chi connectivity index (χ0v) is 17.6. The van der Waals surface area contributed by atoms with E-state index < -0.39 is 0 Å². The molecule has 0 aromatic heterocycles. The molecule has 25 heavy (non-hydrogen) atoms. The molecule has 0 bridgehead atoms. The van der Waals surface area contributed by atoms with Crippen LogP contribution in [0.25, 0.3) is 0 Å². The van der Waals surface area contributed by atoms with Gasteiger partial charge in [0.25, 0.3) is 5.91 Å². The van der Waals surface area contributed by atoms with Gasteiger partial charge in [0.1, 0.15) is 0 Å². The van der Waals surface area contributed by atoms with Crippen LogP contribution in [0, 0.1) is 5.92 Å². The van der Waals surface area contributed by atoms with Crippen molar-refractivity contribution in [2.45, 2.75) is 27.3 Å². The minimum absolute atomic E-state index is 0. The molecule has 0 aliphatic heterocycles. The largest absolute Gasteiger partial charge is 0.493 e. The predicted octanol–water partition coefficient (Wildman–Crippen LogP) is 1.89. The van der Waals surface area contributed by atoms with Gasteiger partial charge in [-0.05, 0) is 30.5 Å². The third-order valence-electron chi connectivity index (χ3n) is 3.08. The summed E-state index contributed by atoms with van der Waals surface area (Å²) in [6.07, 6.45) is 0. The van der Waals surface area contributed by atoms with Crippen LogP contribution in [0.1, 0.15) is 26.3 Å². The fraction of sp³-hybridized carbons (Fsp3) is 0.529. The zero-order valence-electron chi connectivity index (χ0n) is 15.3. The van der Waals surface area contributed by atoms with Crippen LogP contribution >= 0.6 is 24.0 Å². The van der Waals surface area contributed by atoms with Gasteiger partial charge in [0, 0.05) is 13.1 Å². The highest BCUT2D eigenvalue weighted by molar-refractivity contribution is 14.0. The van der Waals surface area contributed by atoms with Crippen LogP contribution in [0.2, 0.25) is 0 Å². The summed E-state index contributed by atoms with van der Waals surface area (Å²) in [5, 5.41) is 5.74. The highest BCUT2D eigenvalue weighted by Gasteiger charge is 2.08.